The standard InChI is InChI=1S/C20H30O16/c1-11(21)15(23)33-13(3)17(25)29-7-5-9-31-19(27)35-36-20(28)32-10-6-8-30-18(26)14(4)34-16(24)12(2)22/h11-14,21-22H,5-10H2,1-4H3/t11-,12+,13-,14+. The van der Waals surface area contributed by atoms with E-state index in [-0.39, 0.29) is 39.3 Å². The topological polar surface area (TPSA) is 217 Å². The molecule has 0 fully saturated rings. The van der Waals surface area contributed by atoms with Gasteiger partial charge < -0.3 is 38.6 Å². The van der Waals surface area contributed by atoms with Gasteiger partial charge in [0.05, 0.1) is 26.4 Å². The molecule has 0 saturated heterocycles. The van der Waals surface area contributed by atoms with Crippen LogP contribution in [0.25, 0.3) is 0 Å². The summed E-state index contributed by atoms with van der Waals surface area (Å²) in [5.74, 6) is -3.73. The fourth-order valence-corrected chi connectivity index (χ4v) is 1.77. The Balaban J connectivity index is 3.82. The molecule has 0 aromatic carbocycles. The predicted octanol–water partition coefficient (Wildman–Crippen LogP) is -0.301. The van der Waals surface area contributed by atoms with Crippen LogP contribution in [0.2, 0.25) is 0 Å². The van der Waals surface area contributed by atoms with Crippen LogP contribution >= 0.6 is 0 Å². The number of carbonyl (C=O) groups is 6. The van der Waals surface area contributed by atoms with E-state index in [1.807, 2.05) is 0 Å². The number of aliphatic hydroxyl groups excluding tert-OH is 2. The average Bonchev–Trinajstić information content (AvgIpc) is 2.81. The van der Waals surface area contributed by atoms with Crippen LogP contribution in [0, 0.1) is 0 Å². The molecule has 16 nitrogen and oxygen atoms in total. The molecule has 36 heavy (non-hydrogen) atoms. The minimum absolute atomic E-state index is 0.0396. The van der Waals surface area contributed by atoms with Crippen molar-refractivity contribution in [1.82, 2.24) is 0 Å². The second kappa shape index (κ2) is 17.7. The van der Waals surface area contributed by atoms with Gasteiger partial charge in [0.2, 0.25) is 0 Å². The predicted molar refractivity (Wildman–Crippen MR) is 110 cm³/mol. The summed E-state index contributed by atoms with van der Waals surface area (Å²) in [5, 5.41) is 18.0. The fraction of sp³-hybridized carbons (Fsp3) is 0.700. The number of ether oxygens (including phenoxy) is 6. The zero-order valence-electron chi connectivity index (χ0n) is 20.2. The molecule has 0 aliphatic carbocycles. The first-order valence-corrected chi connectivity index (χ1v) is 10.6. The van der Waals surface area contributed by atoms with Gasteiger partial charge in [0.1, 0.15) is 12.2 Å². The highest BCUT2D eigenvalue weighted by Crippen LogP contribution is 2.01. The lowest BCUT2D eigenvalue weighted by Gasteiger charge is -2.13. The van der Waals surface area contributed by atoms with E-state index in [0.29, 0.717) is 0 Å². The number of hydrogen-bond donors (Lipinski definition) is 2. The quantitative estimate of drug-likeness (QED) is 0.0975. The van der Waals surface area contributed by atoms with Crippen LogP contribution in [0.3, 0.4) is 0 Å². The molecular formula is C20H30O16. The van der Waals surface area contributed by atoms with E-state index < -0.39 is 60.6 Å². The monoisotopic (exact) mass is 526 g/mol. The Morgan fingerprint density at radius 1 is 0.528 bits per heavy atom. The third-order valence-corrected chi connectivity index (χ3v) is 3.62. The Bertz CT molecular complexity index is 684. The van der Waals surface area contributed by atoms with Gasteiger partial charge in [0.15, 0.2) is 12.2 Å². The molecule has 206 valence electrons. The summed E-state index contributed by atoms with van der Waals surface area (Å²) in [7, 11) is 0. The molecule has 0 saturated carbocycles. The largest absolute Gasteiger partial charge is 0.549 e. The molecule has 0 spiro atoms. The van der Waals surface area contributed by atoms with Gasteiger partial charge in [0.25, 0.3) is 0 Å². The molecule has 0 bridgehead atoms. The summed E-state index contributed by atoms with van der Waals surface area (Å²) in [6, 6.07) is 0. The molecular weight excluding hydrogens is 496 g/mol. The third-order valence-electron chi connectivity index (χ3n) is 3.62. The van der Waals surface area contributed by atoms with Gasteiger partial charge in [-0.1, -0.05) is 0 Å². The normalized spacial score (nSPS) is 13.6. The first-order chi connectivity index (χ1) is 16.8. The van der Waals surface area contributed by atoms with Crippen LogP contribution in [-0.4, -0.2) is 97.2 Å². The lowest BCUT2D eigenvalue weighted by atomic mass is 10.4. The number of hydrogen-bond acceptors (Lipinski definition) is 16. The molecule has 0 aromatic heterocycles. The Morgan fingerprint density at radius 3 is 1.14 bits per heavy atom. The van der Waals surface area contributed by atoms with Crippen molar-refractivity contribution in [3.63, 3.8) is 0 Å². The Labute approximate surface area is 205 Å². The van der Waals surface area contributed by atoms with Crippen molar-refractivity contribution in [3.05, 3.63) is 0 Å². The SMILES string of the molecule is C[C@H](O)C(=O)O[C@@H](C)C(=O)OCCCOC(=O)OOC(=O)OCCCOC(=O)[C@@H](C)OC(=O)[C@@H](C)O. The molecule has 0 rings (SSSR count). The van der Waals surface area contributed by atoms with E-state index >= 15 is 0 Å². The van der Waals surface area contributed by atoms with Crippen molar-refractivity contribution in [1.29, 1.82) is 0 Å². The maximum atomic E-state index is 11.6. The first kappa shape index (κ1) is 32.3. The zero-order chi connectivity index (χ0) is 27.7. The van der Waals surface area contributed by atoms with Crippen LogP contribution in [-0.2, 0) is 57.4 Å². The number of rotatable bonds is 14. The molecule has 4 atom stereocenters. The van der Waals surface area contributed by atoms with E-state index in [4.69, 9.17) is 19.7 Å². The second-order valence-corrected chi connectivity index (χ2v) is 6.92. The summed E-state index contributed by atoms with van der Waals surface area (Å²) in [5.41, 5.74) is 0. The molecule has 0 amide bonds. The van der Waals surface area contributed by atoms with Gasteiger partial charge in [-0.25, -0.2) is 19.2 Å². The van der Waals surface area contributed by atoms with Crippen molar-refractivity contribution in [2.45, 2.75) is 65.0 Å². The molecule has 0 aliphatic heterocycles. The van der Waals surface area contributed by atoms with Crippen LogP contribution in [0.1, 0.15) is 40.5 Å². The number of carbonyl (C=O) groups excluding carboxylic acids is 6. The van der Waals surface area contributed by atoms with Crippen molar-refractivity contribution in [2.24, 2.45) is 0 Å². The molecule has 0 unspecified atom stereocenters. The summed E-state index contributed by atoms with van der Waals surface area (Å²) >= 11 is 0. The molecule has 0 aromatic rings. The lowest BCUT2D eigenvalue weighted by molar-refractivity contribution is -0.218. The minimum Gasteiger partial charge on any atom is -0.463 e. The van der Waals surface area contributed by atoms with Gasteiger partial charge in [-0.15, -0.1) is 0 Å². The van der Waals surface area contributed by atoms with Gasteiger partial charge in [-0.3, -0.25) is 0 Å². The van der Waals surface area contributed by atoms with Crippen molar-refractivity contribution < 1.29 is 77.2 Å². The maximum absolute atomic E-state index is 11.6. The van der Waals surface area contributed by atoms with E-state index in [9.17, 15) is 28.8 Å². The lowest BCUT2D eigenvalue weighted by Crippen LogP contribution is -2.31. The van der Waals surface area contributed by atoms with Crippen molar-refractivity contribution >= 4 is 36.2 Å². The van der Waals surface area contributed by atoms with E-state index in [2.05, 4.69) is 28.7 Å². The Morgan fingerprint density at radius 2 is 0.833 bits per heavy atom. The second-order valence-electron chi connectivity index (χ2n) is 6.92. The maximum Gasteiger partial charge on any atom is 0.549 e. The van der Waals surface area contributed by atoms with Gasteiger partial charge in [-0.2, -0.15) is 19.4 Å². The van der Waals surface area contributed by atoms with Crippen LogP contribution < -0.4 is 0 Å². The van der Waals surface area contributed by atoms with Crippen LogP contribution in [0.4, 0.5) is 9.59 Å². The van der Waals surface area contributed by atoms with Gasteiger partial charge >= 0.3 is 36.2 Å². The molecule has 0 aliphatic rings. The summed E-state index contributed by atoms with van der Waals surface area (Å²) in [4.78, 5) is 76.2. The number of esters is 4. The van der Waals surface area contributed by atoms with Crippen LogP contribution in [0.15, 0.2) is 0 Å². The van der Waals surface area contributed by atoms with Crippen molar-refractivity contribution in [3.8, 4) is 0 Å². The highest BCUT2D eigenvalue weighted by Gasteiger charge is 2.23. The van der Waals surface area contributed by atoms with Gasteiger partial charge in [-0.05, 0) is 27.7 Å². The highest BCUT2D eigenvalue weighted by atomic mass is 17.3. The van der Waals surface area contributed by atoms with Gasteiger partial charge in [0, 0.05) is 12.8 Å². The molecule has 2 N–H and O–H groups in total. The summed E-state index contributed by atoms with van der Waals surface area (Å²) in [6.07, 6.45) is -7.96. The van der Waals surface area contributed by atoms with E-state index in [1.165, 1.54) is 27.7 Å². The molecule has 16 heteroatoms. The zero-order valence-corrected chi connectivity index (χ0v) is 20.2. The Kier molecular flexibility index (Phi) is 15.9. The smallest absolute Gasteiger partial charge is 0.463 e. The fourth-order valence-electron chi connectivity index (χ4n) is 1.77. The molecule has 0 radical (unpaired) electrons. The van der Waals surface area contributed by atoms with E-state index in [0.717, 1.165) is 0 Å². The average molecular weight is 526 g/mol. The van der Waals surface area contributed by atoms with Crippen LogP contribution in [0.5, 0.6) is 0 Å². The summed E-state index contributed by atoms with van der Waals surface area (Å²) < 4.78 is 27.9. The minimum atomic E-state index is -1.39. The third kappa shape index (κ3) is 15.3. The Hall–Kier alpha value is -3.66. The van der Waals surface area contributed by atoms with E-state index in [1.54, 1.807) is 0 Å². The summed E-state index contributed by atoms with van der Waals surface area (Å²) in [6.45, 7) is 3.90. The number of aliphatic hydroxyl groups is 2. The highest BCUT2D eigenvalue weighted by molar-refractivity contribution is 5.81. The molecule has 0 heterocycles. The first-order valence-electron chi connectivity index (χ1n) is 10.6. The van der Waals surface area contributed by atoms with Crippen molar-refractivity contribution in [2.75, 3.05) is 26.4 Å².